The number of hydrogen-bond acceptors (Lipinski definition) is 6. The summed E-state index contributed by atoms with van der Waals surface area (Å²) in [7, 11) is -4.13. The van der Waals surface area contributed by atoms with Crippen LogP contribution in [0, 0.1) is 0 Å². The smallest absolute Gasteiger partial charge is 0.316 e. The van der Waals surface area contributed by atoms with Crippen molar-refractivity contribution in [2.45, 2.75) is 16.6 Å². The Morgan fingerprint density at radius 1 is 0.970 bits per heavy atom. The number of pyridine rings is 1. The molecule has 0 saturated heterocycles. The van der Waals surface area contributed by atoms with Gasteiger partial charge in [0, 0.05) is 29.3 Å². The molecule has 5 N–H and O–H groups in total. The second-order valence-corrected chi connectivity index (χ2v) is 9.10. The summed E-state index contributed by atoms with van der Waals surface area (Å²) in [6.07, 6.45) is 2.12. The molecule has 170 valence electrons. The number of carboxylic acid groups (broad SMARTS) is 1. The highest BCUT2D eigenvalue weighted by Crippen LogP contribution is 2.32. The molecule has 0 aliphatic carbocycles. The van der Waals surface area contributed by atoms with Crippen LogP contribution in [0.5, 0.6) is 0 Å². The quantitative estimate of drug-likeness (QED) is 0.394. The number of benzene rings is 2. The Morgan fingerprint density at radius 2 is 1.67 bits per heavy atom. The van der Waals surface area contributed by atoms with E-state index in [1.54, 1.807) is 12.1 Å². The molecule has 10 nitrogen and oxygen atoms in total. The normalized spacial score (nSPS) is 11.9. The molecule has 1 atom stereocenters. The third kappa shape index (κ3) is 5.92. The standard InChI is InChI=1S/C22H20N4O6S/c23-22(30)26-16-6-1-4-14(10-16)21(29)25-17-7-2-8-18(11-17)33(31,32)19(12-20(27)28)15-5-3-9-24-13-15/h1-11,13,19H,12H2,(H,25,29)(H,27,28)(H3,23,26,30). The number of primary amides is 1. The highest BCUT2D eigenvalue weighted by Gasteiger charge is 2.31. The van der Waals surface area contributed by atoms with Crippen LogP contribution in [-0.2, 0) is 14.6 Å². The van der Waals surface area contributed by atoms with Gasteiger partial charge in [-0.25, -0.2) is 13.2 Å². The first-order chi connectivity index (χ1) is 15.7. The molecule has 2 aromatic carbocycles. The predicted molar refractivity (Wildman–Crippen MR) is 120 cm³/mol. The van der Waals surface area contributed by atoms with E-state index in [0.717, 1.165) is 0 Å². The number of urea groups is 1. The van der Waals surface area contributed by atoms with Crippen LogP contribution in [0.15, 0.2) is 78.0 Å². The number of amides is 3. The summed E-state index contributed by atoms with van der Waals surface area (Å²) < 4.78 is 26.5. The molecule has 1 unspecified atom stereocenters. The lowest BCUT2D eigenvalue weighted by Gasteiger charge is -2.17. The summed E-state index contributed by atoms with van der Waals surface area (Å²) in [5.41, 5.74) is 6.03. The van der Waals surface area contributed by atoms with Crippen molar-refractivity contribution in [2.75, 3.05) is 10.6 Å². The number of sulfone groups is 1. The molecule has 0 fully saturated rings. The van der Waals surface area contributed by atoms with Crippen molar-refractivity contribution in [1.29, 1.82) is 0 Å². The highest BCUT2D eigenvalue weighted by molar-refractivity contribution is 7.91. The summed E-state index contributed by atoms with van der Waals surface area (Å²) in [5, 5.41) is 12.9. The van der Waals surface area contributed by atoms with Crippen molar-refractivity contribution in [1.82, 2.24) is 4.98 Å². The van der Waals surface area contributed by atoms with E-state index in [0.29, 0.717) is 5.69 Å². The minimum atomic E-state index is -4.13. The molecule has 0 aliphatic rings. The lowest BCUT2D eigenvalue weighted by molar-refractivity contribution is -0.137. The van der Waals surface area contributed by atoms with Crippen LogP contribution >= 0.6 is 0 Å². The molecule has 3 amide bonds. The number of nitrogens with two attached hydrogens (primary N) is 1. The monoisotopic (exact) mass is 468 g/mol. The zero-order valence-corrected chi connectivity index (χ0v) is 18.0. The van der Waals surface area contributed by atoms with E-state index >= 15 is 0 Å². The maximum atomic E-state index is 13.3. The average Bonchev–Trinajstić information content (AvgIpc) is 2.78. The number of rotatable bonds is 8. The van der Waals surface area contributed by atoms with E-state index in [9.17, 15) is 27.9 Å². The van der Waals surface area contributed by atoms with Crippen LogP contribution in [0.2, 0.25) is 0 Å². The van der Waals surface area contributed by atoms with Gasteiger partial charge in [-0.05, 0) is 48.0 Å². The average molecular weight is 468 g/mol. The second kappa shape index (κ2) is 9.92. The van der Waals surface area contributed by atoms with E-state index in [-0.39, 0.29) is 21.7 Å². The van der Waals surface area contributed by atoms with Gasteiger partial charge >= 0.3 is 12.0 Å². The number of anilines is 2. The number of hydrogen-bond donors (Lipinski definition) is 4. The molecule has 0 spiro atoms. The van der Waals surface area contributed by atoms with Gasteiger partial charge in [0.25, 0.3) is 5.91 Å². The SMILES string of the molecule is NC(=O)Nc1cccc(C(=O)Nc2cccc(S(=O)(=O)C(CC(=O)O)c3cccnc3)c2)c1. The maximum Gasteiger partial charge on any atom is 0.316 e. The Kier molecular flexibility index (Phi) is 7.04. The van der Waals surface area contributed by atoms with E-state index in [1.165, 1.54) is 60.9 Å². The fraction of sp³-hybridized carbons (Fsp3) is 0.0909. The molecule has 0 aliphatic heterocycles. The number of nitrogens with zero attached hydrogens (tertiary/aromatic N) is 1. The Labute approximate surface area is 189 Å². The number of carbonyl (C=O) groups excluding carboxylic acids is 2. The van der Waals surface area contributed by atoms with Gasteiger partial charge in [-0.15, -0.1) is 0 Å². The van der Waals surface area contributed by atoms with Crippen molar-refractivity contribution in [3.63, 3.8) is 0 Å². The van der Waals surface area contributed by atoms with E-state index in [2.05, 4.69) is 15.6 Å². The van der Waals surface area contributed by atoms with Crippen molar-refractivity contribution < 1.29 is 27.9 Å². The zero-order valence-electron chi connectivity index (χ0n) is 17.1. The first kappa shape index (κ1) is 23.4. The minimum Gasteiger partial charge on any atom is -0.481 e. The van der Waals surface area contributed by atoms with Crippen molar-refractivity contribution in [2.24, 2.45) is 5.73 Å². The topological polar surface area (TPSA) is 169 Å². The van der Waals surface area contributed by atoms with Gasteiger partial charge in [0.05, 0.1) is 11.3 Å². The van der Waals surface area contributed by atoms with Gasteiger partial charge in [0.2, 0.25) is 0 Å². The highest BCUT2D eigenvalue weighted by atomic mass is 32.2. The van der Waals surface area contributed by atoms with E-state index in [1.807, 2.05) is 0 Å². The lowest BCUT2D eigenvalue weighted by atomic mass is 10.1. The molecule has 0 radical (unpaired) electrons. The molecule has 3 rings (SSSR count). The first-order valence-corrected chi connectivity index (χ1v) is 11.1. The van der Waals surface area contributed by atoms with Crippen molar-refractivity contribution in [3.05, 3.63) is 84.2 Å². The van der Waals surface area contributed by atoms with Crippen molar-refractivity contribution in [3.8, 4) is 0 Å². The fourth-order valence-electron chi connectivity index (χ4n) is 3.13. The maximum absolute atomic E-state index is 13.3. The van der Waals surface area contributed by atoms with Crippen LogP contribution in [0.4, 0.5) is 16.2 Å². The summed E-state index contributed by atoms with van der Waals surface area (Å²) in [4.78, 5) is 38.7. The summed E-state index contributed by atoms with van der Waals surface area (Å²) >= 11 is 0. The van der Waals surface area contributed by atoms with Gasteiger partial charge in [-0.3, -0.25) is 14.6 Å². The van der Waals surface area contributed by atoms with E-state index in [4.69, 9.17) is 5.73 Å². The molecular weight excluding hydrogens is 448 g/mol. The third-order valence-corrected chi connectivity index (χ3v) is 6.70. The van der Waals surface area contributed by atoms with Gasteiger partial charge < -0.3 is 21.5 Å². The lowest BCUT2D eigenvalue weighted by Crippen LogP contribution is -2.20. The molecule has 0 saturated carbocycles. The van der Waals surface area contributed by atoms with Crippen LogP contribution in [-0.4, -0.2) is 36.4 Å². The Hall–Kier alpha value is -4.25. The number of carbonyl (C=O) groups is 3. The Balaban J connectivity index is 1.88. The summed E-state index contributed by atoms with van der Waals surface area (Å²) in [6.45, 7) is 0. The van der Waals surface area contributed by atoms with Crippen LogP contribution in [0.25, 0.3) is 0 Å². The predicted octanol–water partition coefficient (Wildman–Crippen LogP) is 2.81. The van der Waals surface area contributed by atoms with Gasteiger partial charge in [0.1, 0.15) is 5.25 Å². The molecule has 3 aromatic rings. The number of nitrogens with one attached hydrogen (secondary N) is 2. The summed E-state index contributed by atoms with van der Waals surface area (Å²) in [6, 6.07) is 13.8. The molecular formula is C22H20N4O6S. The molecule has 11 heteroatoms. The molecule has 1 aromatic heterocycles. The first-order valence-electron chi connectivity index (χ1n) is 9.60. The molecule has 1 heterocycles. The van der Waals surface area contributed by atoms with Crippen LogP contribution in [0.3, 0.4) is 0 Å². The summed E-state index contributed by atoms with van der Waals surface area (Å²) in [5.74, 6) is -1.83. The van der Waals surface area contributed by atoms with E-state index < -0.39 is 39.4 Å². The zero-order chi connectivity index (χ0) is 24.0. The van der Waals surface area contributed by atoms with Gasteiger partial charge in [-0.1, -0.05) is 18.2 Å². The Morgan fingerprint density at radius 3 is 2.30 bits per heavy atom. The Bertz CT molecular complexity index is 1300. The van der Waals surface area contributed by atoms with Crippen LogP contribution in [0.1, 0.15) is 27.6 Å². The third-order valence-electron chi connectivity index (χ3n) is 4.60. The fourth-order valence-corrected chi connectivity index (χ4v) is 4.88. The van der Waals surface area contributed by atoms with Crippen LogP contribution < -0.4 is 16.4 Å². The van der Waals surface area contributed by atoms with Crippen molar-refractivity contribution >= 4 is 39.1 Å². The van der Waals surface area contributed by atoms with Gasteiger partial charge in [0.15, 0.2) is 9.84 Å². The number of carboxylic acids is 1. The molecule has 0 bridgehead atoms. The number of aromatic nitrogens is 1. The van der Waals surface area contributed by atoms with Gasteiger partial charge in [-0.2, -0.15) is 0 Å². The second-order valence-electron chi connectivity index (χ2n) is 6.97. The minimum absolute atomic E-state index is 0.153. The largest absolute Gasteiger partial charge is 0.481 e. The molecule has 33 heavy (non-hydrogen) atoms. The number of aliphatic carboxylic acids is 1.